The topological polar surface area (TPSA) is 77.2 Å². The monoisotopic (exact) mass is 325 g/mol. The third-order valence-corrected chi connectivity index (χ3v) is 4.14. The third-order valence-electron chi connectivity index (χ3n) is 3.01. The molecule has 2 rings (SSSR count). The van der Waals surface area contributed by atoms with Gasteiger partial charge in [-0.3, -0.25) is 4.79 Å². The second-order valence-corrected chi connectivity index (χ2v) is 6.56. The van der Waals surface area contributed by atoms with Crippen LogP contribution in [0.4, 0.5) is 0 Å². The Kier molecular flexibility index (Phi) is 5.66. The number of hydrogen-bond donors (Lipinski definition) is 1. The predicted molar refractivity (Wildman–Crippen MR) is 84.5 cm³/mol. The minimum Gasteiger partial charge on any atom is -0.318 e. The molecule has 0 bridgehead atoms. The maximum absolute atomic E-state index is 12.2. The molecule has 0 spiro atoms. The van der Waals surface area contributed by atoms with Crippen LogP contribution in [-0.2, 0) is 9.84 Å². The van der Waals surface area contributed by atoms with Gasteiger partial charge in [0, 0.05) is 11.8 Å². The molecule has 2 N–H and O–H groups in total. The molecule has 0 aromatic heterocycles. The highest BCUT2D eigenvalue weighted by molar-refractivity contribution is 7.90. The van der Waals surface area contributed by atoms with Crippen LogP contribution >= 0.6 is 12.4 Å². The van der Waals surface area contributed by atoms with Crippen molar-refractivity contribution in [2.24, 2.45) is 5.73 Å². The van der Waals surface area contributed by atoms with Gasteiger partial charge in [-0.2, -0.15) is 0 Å². The molecule has 1 atom stereocenters. The van der Waals surface area contributed by atoms with Crippen molar-refractivity contribution in [1.29, 1.82) is 0 Å². The minimum atomic E-state index is -3.26. The van der Waals surface area contributed by atoms with Gasteiger partial charge in [0.25, 0.3) is 0 Å². The number of Topliss-reactive ketones (excluding diaryl/α,β-unsaturated/α-hetero) is 1. The number of carbonyl (C=O) groups is 1. The van der Waals surface area contributed by atoms with Gasteiger partial charge in [-0.15, -0.1) is 12.4 Å². The van der Waals surface area contributed by atoms with Crippen molar-refractivity contribution in [3.05, 3.63) is 65.7 Å². The van der Waals surface area contributed by atoms with Crippen LogP contribution in [0.1, 0.15) is 22.0 Å². The lowest BCUT2D eigenvalue weighted by molar-refractivity contribution is 0.0961. The number of halogens is 1. The first kappa shape index (κ1) is 17.4. The van der Waals surface area contributed by atoms with Crippen LogP contribution in [0.25, 0.3) is 0 Å². The molecule has 0 fully saturated rings. The number of nitrogens with two attached hydrogens (primary N) is 1. The number of benzene rings is 2. The Labute approximate surface area is 130 Å². The van der Waals surface area contributed by atoms with Crippen LogP contribution in [0.5, 0.6) is 0 Å². The standard InChI is InChI=1S/C15H15NO3S.ClH/c1-20(18,19)13-9-7-12(8-10-13)15(17)14(16)11-5-3-2-4-6-11;/h2-10,14H,16H2,1H3;1H. The summed E-state index contributed by atoms with van der Waals surface area (Å²) in [6.07, 6.45) is 1.12. The third kappa shape index (κ3) is 4.14. The van der Waals surface area contributed by atoms with Gasteiger partial charge in [-0.25, -0.2) is 8.42 Å². The van der Waals surface area contributed by atoms with E-state index in [4.69, 9.17) is 5.73 Å². The molecule has 0 aliphatic heterocycles. The summed E-state index contributed by atoms with van der Waals surface area (Å²) < 4.78 is 22.7. The van der Waals surface area contributed by atoms with Gasteiger partial charge in [0.1, 0.15) is 0 Å². The molecule has 0 saturated carbocycles. The Hall–Kier alpha value is -1.69. The van der Waals surface area contributed by atoms with Crippen molar-refractivity contribution in [1.82, 2.24) is 0 Å². The van der Waals surface area contributed by atoms with Gasteiger partial charge in [0.15, 0.2) is 15.6 Å². The van der Waals surface area contributed by atoms with Crippen molar-refractivity contribution >= 4 is 28.0 Å². The largest absolute Gasteiger partial charge is 0.318 e. The highest BCUT2D eigenvalue weighted by Crippen LogP contribution is 2.17. The van der Waals surface area contributed by atoms with Gasteiger partial charge < -0.3 is 5.73 Å². The molecule has 21 heavy (non-hydrogen) atoms. The Morgan fingerprint density at radius 2 is 1.52 bits per heavy atom. The average molecular weight is 326 g/mol. The van der Waals surface area contributed by atoms with E-state index < -0.39 is 15.9 Å². The fraction of sp³-hybridized carbons (Fsp3) is 0.133. The van der Waals surface area contributed by atoms with E-state index in [0.29, 0.717) is 5.56 Å². The number of rotatable bonds is 4. The first-order chi connectivity index (χ1) is 9.39. The van der Waals surface area contributed by atoms with Gasteiger partial charge in [0.05, 0.1) is 10.9 Å². The normalized spacial score (nSPS) is 12.3. The summed E-state index contributed by atoms with van der Waals surface area (Å²) in [6, 6.07) is 14.1. The van der Waals surface area contributed by atoms with Crippen molar-refractivity contribution in [3.8, 4) is 0 Å². The Balaban J connectivity index is 0.00000220. The minimum absolute atomic E-state index is 0. The molecule has 0 aliphatic carbocycles. The zero-order valence-corrected chi connectivity index (χ0v) is 13.0. The molecule has 1 unspecified atom stereocenters. The smallest absolute Gasteiger partial charge is 0.184 e. The summed E-state index contributed by atoms with van der Waals surface area (Å²) in [6.45, 7) is 0. The molecule has 0 radical (unpaired) electrons. The van der Waals surface area contributed by atoms with Gasteiger partial charge in [-0.05, 0) is 17.7 Å². The van der Waals surface area contributed by atoms with E-state index >= 15 is 0 Å². The van der Waals surface area contributed by atoms with E-state index in [-0.39, 0.29) is 23.1 Å². The van der Waals surface area contributed by atoms with Crippen LogP contribution in [0.2, 0.25) is 0 Å². The van der Waals surface area contributed by atoms with Crippen molar-refractivity contribution in [3.63, 3.8) is 0 Å². The molecule has 0 amide bonds. The molecule has 6 heteroatoms. The highest BCUT2D eigenvalue weighted by Gasteiger charge is 2.18. The summed E-state index contributed by atoms with van der Waals surface area (Å²) in [4.78, 5) is 12.4. The summed E-state index contributed by atoms with van der Waals surface area (Å²) in [5, 5.41) is 0. The van der Waals surface area contributed by atoms with E-state index in [1.165, 1.54) is 24.3 Å². The van der Waals surface area contributed by atoms with E-state index in [9.17, 15) is 13.2 Å². The molecular weight excluding hydrogens is 310 g/mol. The van der Waals surface area contributed by atoms with Gasteiger partial charge in [-0.1, -0.05) is 42.5 Å². The molecule has 2 aromatic carbocycles. The van der Waals surface area contributed by atoms with Crippen molar-refractivity contribution in [2.75, 3.05) is 6.26 Å². The first-order valence-electron chi connectivity index (χ1n) is 6.04. The molecule has 0 heterocycles. The maximum Gasteiger partial charge on any atom is 0.184 e. The SMILES string of the molecule is CS(=O)(=O)c1ccc(C(=O)C(N)c2ccccc2)cc1.Cl. The summed E-state index contributed by atoms with van der Waals surface area (Å²) in [5.74, 6) is -0.240. The summed E-state index contributed by atoms with van der Waals surface area (Å²) >= 11 is 0. The average Bonchev–Trinajstić information content (AvgIpc) is 2.46. The van der Waals surface area contributed by atoms with Crippen LogP contribution in [0, 0.1) is 0 Å². The zero-order chi connectivity index (χ0) is 14.8. The number of ketones is 1. The fourth-order valence-corrected chi connectivity index (χ4v) is 2.49. The van der Waals surface area contributed by atoms with E-state index in [1.807, 2.05) is 18.2 Å². The maximum atomic E-state index is 12.2. The lowest BCUT2D eigenvalue weighted by Crippen LogP contribution is -2.21. The number of sulfone groups is 1. The molecule has 2 aromatic rings. The molecule has 4 nitrogen and oxygen atoms in total. The van der Waals surface area contributed by atoms with Crippen LogP contribution < -0.4 is 5.73 Å². The Morgan fingerprint density at radius 3 is 2.00 bits per heavy atom. The number of carbonyl (C=O) groups excluding carboxylic acids is 1. The van der Waals surface area contributed by atoms with Crippen molar-refractivity contribution < 1.29 is 13.2 Å². The van der Waals surface area contributed by atoms with Gasteiger partial charge >= 0.3 is 0 Å². The second kappa shape index (κ2) is 6.85. The second-order valence-electron chi connectivity index (χ2n) is 4.55. The van der Waals surface area contributed by atoms with E-state index in [2.05, 4.69) is 0 Å². The molecule has 0 saturated heterocycles. The van der Waals surface area contributed by atoms with Crippen molar-refractivity contribution in [2.45, 2.75) is 10.9 Å². The Bertz CT molecular complexity index is 712. The highest BCUT2D eigenvalue weighted by atomic mass is 35.5. The molecular formula is C15H16ClNO3S. The van der Waals surface area contributed by atoms with Gasteiger partial charge in [0.2, 0.25) is 0 Å². The zero-order valence-electron chi connectivity index (χ0n) is 11.4. The van der Waals surface area contributed by atoms with E-state index in [0.717, 1.165) is 11.8 Å². The predicted octanol–water partition coefficient (Wildman–Crippen LogP) is 2.39. The summed E-state index contributed by atoms with van der Waals surface area (Å²) in [7, 11) is -3.26. The number of hydrogen-bond acceptors (Lipinski definition) is 4. The van der Waals surface area contributed by atoms with E-state index in [1.54, 1.807) is 12.1 Å². The lowest BCUT2D eigenvalue weighted by Gasteiger charge is -2.11. The summed E-state index contributed by atoms with van der Waals surface area (Å²) in [5.41, 5.74) is 7.05. The first-order valence-corrected chi connectivity index (χ1v) is 7.93. The fourth-order valence-electron chi connectivity index (χ4n) is 1.86. The van der Waals surface area contributed by atoms with Crippen LogP contribution in [-0.4, -0.2) is 20.5 Å². The van der Waals surface area contributed by atoms with Crippen LogP contribution in [0.15, 0.2) is 59.5 Å². The molecule has 0 aliphatic rings. The Morgan fingerprint density at radius 1 is 1.00 bits per heavy atom. The van der Waals surface area contributed by atoms with Crippen LogP contribution in [0.3, 0.4) is 0 Å². The lowest BCUT2D eigenvalue weighted by atomic mass is 9.98. The molecule has 112 valence electrons. The quantitative estimate of drug-likeness (QED) is 0.876.